The molecule has 2 N–H and O–H groups in total. The number of hydrogen-bond acceptors (Lipinski definition) is 6. The van der Waals surface area contributed by atoms with Crippen LogP contribution in [0.5, 0.6) is 0 Å². The molecule has 7 heteroatoms. The van der Waals surface area contributed by atoms with Gasteiger partial charge in [-0.1, -0.05) is 5.16 Å². The molecule has 0 saturated heterocycles. The maximum atomic E-state index is 11.7. The van der Waals surface area contributed by atoms with E-state index in [-0.39, 0.29) is 5.69 Å². The second-order valence-electron chi connectivity index (χ2n) is 4.12. The first-order valence-electron chi connectivity index (χ1n) is 5.62. The Kier molecular flexibility index (Phi) is 3.61. The van der Waals surface area contributed by atoms with Crippen molar-refractivity contribution in [3.63, 3.8) is 0 Å². The highest BCUT2D eigenvalue weighted by molar-refractivity contribution is 5.95. The van der Waals surface area contributed by atoms with Gasteiger partial charge in [-0.25, -0.2) is 4.79 Å². The van der Waals surface area contributed by atoms with Gasteiger partial charge >= 0.3 is 5.97 Å². The zero-order valence-corrected chi connectivity index (χ0v) is 9.88. The molecule has 98 valence electrons. The molecule has 1 aliphatic rings. The van der Waals surface area contributed by atoms with Gasteiger partial charge in [0.2, 0.25) is 0 Å². The number of hydrogen-bond donors (Lipinski definition) is 2. The average molecular weight is 254 g/mol. The van der Waals surface area contributed by atoms with Gasteiger partial charge in [-0.3, -0.25) is 4.79 Å². The van der Waals surface area contributed by atoms with Gasteiger partial charge in [0.1, 0.15) is 5.76 Å². The van der Waals surface area contributed by atoms with E-state index in [4.69, 9.17) is 9.63 Å². The van der Waals surface area contributed by atoms with E-state index < -0.39 is 24.5 Å². The van der Waals surface area contributed by atoms with Crippen molar-refractivity contribution >= 4 is 11.9 Å². The number of esters is 1. The molecule has 1 saturated carbocycles. The number of amides is 1. The van der Waals surface area contributed by atoms with E-state index in [9.17, 15) is 9.59 Å². The van der Waals surface area contributed by atoms with Crippen LogP contribution in [0.3, 0.4) is 0 Å². The van der Waals surface area contributed by atoms with Gasteiger partial charge in [0, 0.05) is 12.0 Å². The van der Waals surface area contributed by atoms with Gasteiger partial charge in [-0.2, -0.15) is 0 Å². The number of carbonyl (C=O) groups excluding carboxylic acids is 2. The fraction of sp³-hybridized carbons (Fsp3) is 0.545. The van der Waals surface area contributed by atoms with Gasteiger partial charge in [0.05, 0.1) is 13.7 Å². The first-order valence-corrected chi connectivity index (χ1v) is 5.62. The van der Waals surface area contributed by atoms with Crippen molar-refractivity contribution in [1.29, 1.82) is 0 Å². The van der Waals surface area contributed by atoms with E-state index in [0.717, 1.165) is 12.8 Å². The Labute approximate surface area is 103 Å². The van der Waals surface area contributed by atoms with Crippen molar-refractivity contribution in [1.82, 2.24) is 10.5 Å². The minimum absolute atomic E-state index is 0.0965. The van der Waals surface area contributed by atoms with Crippen molar-refractivity contribution < 1.29 is 24.0 Å². The molecule has 1 aliphatic carbocycles. The molecule has 7 nitrogen and oxygen atoms in total. The van der Waals surface area contributed by atoms with E-state index in [1.54, 1.807) is 6.07 Å². The summed E-state index contributed by atoms with van der Waals surface area (Å²) >= 11 is 0. The second-order valence-corrected chi connectivity index (χ2v) is 4.12. The first-order chi connectivity index (χ1) is 8.65. The Balaban J connectivity index is 1.98. The molecule has 1 unspecified atom stereocenters. The number of methoxy groups -OCH3 is 1. The summed E-state index contributed by atoms with van der Waals surface area (Å²) in [7, 11) is 1.18. The summed E-state index contributed by atoms with van der Waals surface area (Å²) in [6.07, 6.45) is 2.08. The number of aliphatic hydroxyl groups is 1. The Morgan fingerprint density at radius 2 is 2.39 bits per heavy atom. The van der Waals surface area contributed by atoms with Gasteiger partial charge in [0.15, 0.2) is 11.7 Å². The molecule has 0 bridgehead atoms. The molecule has 1 heterocycles. The van der Waals surface area contributed by atoms with Crippen LogP contribution in [0.2, 0.25) is 0 Å². The number of aromatic nitrogens is 1. The standard InChI is InChI=1S/C11H14N2O5/c1-17-11(16)8(5-14)12-10(15)7-4-9(18-13-7)6-2-3-6/h4,6,8,14H,2-3,5H2,1H3,(H,12,15). The minimum Gasteiger partial charge on any atom is -0.467 e. The summed E-state index contributed by atoms with van der Waals surface area (Å²) in [5, 5.41) is 14.9. The zero-order valence-electron chi connectivity index (χ0n) is 9.88. The maximum Gasteiger partial charge on any atom is 0.330 e. The highest BCUT2D eigenvalue weighted by Gasteiger charge is 2.29. The lowest BCUT2D eigenvalue weighted by molar-refractivity contribution is -0.143. The van der Waals surface area contributed by atoms with Crippen molar-refractivity contribution in [2.75, 3.05) is 13.7 Å². The number of nitrogens with zero attached hydrogens (tertiary/aromatic N) is 1. The number of aliphatic hydroxyl groups excluding tert-OH is 1. The van der Waals surface area contributed by atoms with Gasteiger partial charge in [-0.05, 0) is 12.8 Å². The van der Waals surface area contributed by atoms with Crippen molar-refractivity contribution in [2.45, 2.75) is 24.8 Å². The topological polar surface area (TPSA) is 102 Å². The SMILES string of the molecule is COC(=O)C(CO)NC(=O)c1cc(C2CC2)on1. The van der Waals surface area contributed by atoms with Crippen LogP contribution in [0.25, 0.3) is 0 Å². The van der Waals surface area contributed by atoms with Crippen molar-refractivity contribution in [3.8, 4) is 0 Å². The number of rotatable bonds is 5. The van der Waals surface area contributed by atoms with Gasteiger partial charge in [-0.15, -0.1) is 0 Å². The molecule has 2 rings (SSSR count). The molecule has 0 aromatic carbocycles. The van der Waals surface area contributed by atoms with Crippen LogP contribution < -0.4 is 5.32 Å². The monoisotopic (exact) mass is 254 g/mol. The third-order valence-electron chi connectivity index (χ3n) is 2.71. The predicted octanol–water partition coefficient (Wildman–Crippen LogP) is -0.184. The molecule has 1 atom stereocenters. The second kappa shape index (κ2) is 5.18. The largest absolute Gasteiger partial charge is 0.467 e. The average Bonchev–Trinajstić information content (AvgIpc) is 3.12. The number of ether oxygens (including phenoxy) is 1. The van der Waals surface area contributed by atoms with Crippen LogP contribution >= 0.6 is 0 Å². The minimum atomic E-state index is -1.09. The summed E-state index contributed by atoms with van der Waals surface area (Å²) in [6.45, 7) is -0.536. The van der Waals surface area contributed by atoms with Gasteiger partial charge < -0.3 is 19.7 Å². The van der Waals surface area contributed by atoms with E-state index in [2.05, 4.69) is 15.2 Å². The van der Waals surface area contributed by atoms with Crippen LogP contribution in [0.1, 0.15) is 35.0 Å². The Bertz CT molecular complexity index is 452. The summed E-state index contributed by atoms with van der Waals surface area (Å²) < 4.78 is 9.46. The quantitative estimate of drug-likeness (QED) is 0.706. The predicted molar refractivity (Wildman–Crippen MR) is 58.8 cm³/mol. The van der Waals surface area contributed by atoms with E-state index in [1.807, 2.05) is 0 Å². The van der Waals surface area contributed by atoms with Gasteiger partial charge in [0.25, 0.3) is 5.91 Å². The normalized spacial score (nSPS) is 16.1. The molecule has 1 aromatic heterocycles. The smallest absolute Gasteiger partial charge is 0.330 e. The fourth-order valence-electron chi connectivity index (χ4n) is 1.51. The molecule has 18 heavy (non-hydrogen) atoms. The van der Waals surface area contributed by atoms with Crippen molar-refractivity contribution in [3.05, 3.63) is 17.5 Å². The van der Waals surface area contributed by atoms with E-state index in [0.29, 0.717) is 11.7 Å². The number of nitrogens with one attached hydrogen (secondary N) is 1. The van der Waals surface area contributed by atoms with Crippen LogP contribution in [-0.2, 0) is 9.53 Å². The van der Waals surface area contributed by atoms with Crippen LogP contribution in [0.15, 0.2) is 10.6 Å². The molecular weight excluding hydrogens is 240 g/mol. The van der Waals surface area contributed by atoms with E-state index in [1.165, 1.54) is 7.11 Å². The first kappa shape index (κ1) is 12.6. The Morgan fingerprint density at radius 3 is 2.94 bits per heavy atom. The highest BCUT2D eigenvalue weighted by Crippen LogP contribution is 2.40. The lowest BCUT2D eigenvalue weighted by atomic mass is 10.2. The molecule has 1 fully saturated rings. The fourth-order valence-corrected chi connectivity index (χ4v) is 1.51. The third-order valence-corrected chi connectivity index (χ3v) is 2.71. The molecular formula is C11H14N2O5. The lowest BCUT2D eigenvalue weighted by Crippen LogP contribution is -2.44. The molecule has 1 aromatic rings. The summed E-state index contributed by atoms with van der Waals surface area (Å²) in [4.78, 5) is 22.9. The van der Waals surface area contributed by atoms with E-state index >= 15 is 0 Å². The third kappa shape index (κ3) is 2.67. The molecule has 0 radical (unpaired) electrons. The highest BCUT2D eigenvalue weighted by atomic mass is 16.5. The number of carbonyl (C=O) groups is 2. The Hall–Kier alpha value is -1.89. The molecule has 1 amide bonds. The zero-order chi connectivity index (χ0) is 13.1. The Morgan fingerprint density at radius 1 is 1.67 bits per heavy atom. The summed E-state index contributed by atoms with van der Waals surface area (Å²) in [6, 6.07) is 0.460. The summed E-state index contributed by atoms with van der Waals surface area (Å²) in [5.74, 6) is -0.251. The van der Waals surface area contributed by atoms with Crippen LogP contribution in [0.4, 0.5) is 0 Å². The molecule has 0 aliphatic heterocycles. The molecule has 0 spiro atoms. The summed E-state index contributed by atoms with van der Waals surface area (Å²) in [5.41, 5.74) is 0.0965. The van der Waals surface area contributed by atoms with Crippen LogP contribution in [0, 0.1) is 0 Å². The van der Waals surface area contributed by atoms with Crippen LogP contribution in [-0.4, -0.2) is 41.9 Å². The lowest BCUT2D eigenvalue weighted by Gasteiger charge is -2.12. The maximum absolute atomic E-state index is 11.7. The van der Waals surface area contributed by atoms with Crippen molar-refractivity contribution in [2.24, 2.45) is 0 Å².